The van der Waals surface area contributed by atoms with Crippen LogP contribution in [-0.4, -0.2) is 10.8 Å². The number of thiophene rings is 1. The van der Waals surface area contributed by atoms with Crippen molar-refractivity contribution in [3.8, 4) is 9.88 Å². The summed E-state index contributed by atoms with van der Waals surface area (Å²) in [5, 5.41) is 3.05. The number of rotatable bonds is 4. The number of fused-ring (bicyclic) bond motifs is 1. The molecule has 0 saturated heterocycles. The van der Waals surface area contributed by atoms with E-state index in [2.05, 4.69) is 25.4 Å². The summed E-state index contributed by atoms with van der Waals surface area (Å²) in [7, 11) is 0. The standard InChI is InChI=1S/C17H19NOS2/c1-4-5-6-13-14-11(9-17(2,3)10-12(14)19)15(21-13)16-18-7-8-20-16/h4,7-8H,1,5-6,9-10H2,2-3H3. The van der Waals surface area contributed by atoms with Crippen molar-refractivity contribution in [1.82, 2.24) is 4.98 Å². The topological polar surface area (TPSA) is 30.0 Å². The Morgan fingerprint density at radius 2 is 2.24 bits per heavy atom. The van der Waals surface area contributed by atoms with E-state index in [-0.39, 0.29) is 5.41 Å². The summed E-state index contributed by atoms with van der Waals surface area (Å²) < 4.78 is 0. The van der Waals surface area contributed by atoms with Gasteiger partial charge in [0.15, 0.2) is 5.78 Å². The average molecular weight is 317 g/mol. The van der Waals surface area contributed by atoms with Crippen molar-refractivity contribution in [3.05, 3.63) is 40.2 Å². The van der Waals surface area contributed by atoms with Crippen molar-refractivity contribution >= 4 is 28.5 Å². The fourth-order valence-corrected chi connectivity index (χ4v) is 5.11. The molecular formula is C17H19NOS2. The molecule has 0 spiro atoms. The molecule has 21 heavy (non-hydrogen) atoms. The van der Waals surface area contributed by atoms with E-state index in [0.717, 1.165) is 29.8 Å². The van der Waals surface area contributed by atoms with E-state index in [1.165, 1.54) is 15.3 Å². The summed E-state index contributed by atoms with van der Waals surface area (Å²) >= 11 is 3.41. The van der Waals surface area contributed by atoms with E-state index >= 15 is 0 Å². The van der Waals surface area contributed by atoms with Crippen LogP contribution in [0.25, 0.3) is 9.88 Å². The zero-order valence-electron chi connectivity index (χ0n) is 12.4. The molecule has 3 rings (SSSR count). The maximum absolute atomic E-state index is 12.6. The SMILES string of the molecule is C=CCCc1sc(-c2nccs2)c2c1C(=O)CC(C)(C)C2. The summed E-state index contributed by atoms with van der Waals surface area (Å²) in [5.41, 5.74) is 2.27. The molecule has 0 aromatic carbocycles. The zero-order chi connectivity index (χ0) is 15.0. The highest BCUT2D eigenvalue weighted by molar-refractivity contribution is 7.21. The molecule has 4 heteroatoms. The number of aromatic nitrogens is 1. The largest absolute Gasteiger partial charge is 0.294 e. The zero-order valence-corrected chi connectivity index (χ0v) is 14.1. The molecule has 2 heterocycles. The fourth-order valence-electron chi connectivity index (χ4n) is 2.99. The number of hydrogen-bond acceptors (Lipinski definition) is 4. The first-order chi connectivity index (χ1) is 10.0. The van der Waals surface area contributed by atoms with Crippen molar-refractivity contribution in [2.45, 2.75) is 39.5 Å². The molecule has 0 amide bonds. The van der Waals surface area contributed by atoms with Crippen molar-refractivity contribution < 1.29 is 4.79 Å². The predicted octanol–water partition coefficient (Wildman–Crippen LogP) is 5.15. The average Bonchev–Trinajstić information content (AvgIpc) is 3.01. The minimum atomic E-state index is 0.0485. The van der Waals surface area contributed by atoms with Gasteiger partial charge in [-0.2, -0.15) is 0 Å². The minimum Gasteiger partial charge on any atom is -0.294 e. The normalized spacial score (nSPS) is 16.8. The van der Waals surface area contributed by atoms with Crippen LogP contribution in [0.2, 0.25) is 0 Å². The predicted molar refractivity (Wildman–Crippen MR) is 90.4 cm³/mol. The fraction of sp³-hybridized carbons (Fsp3) is 0.412. The third kappa shape index (κ3) is 2.74. The van der Waals surface area contributed by atoms with Gasteiger partial charge in [0.2, 0.25) is 0 Å². The number of allylic oxidation sites excluding steroid dienone is 1. The van der Waals surface area contributed by atoms with Crippen molar-refractivity contribution in [1.29, 1.82) is 0 Å². The quantitative estimate of drug-likeness (QED) is 0.730. The highest BCUT2D eigenvalue weighted by atomic mass is 32.1. The first-order valence-corrected chi connectivity index (χ1v) is 8.90. The lowest BCUT2D eigenvalue weighted by molar-refractivity contribution is 0.0912. The van der Waals surface area contributed by atoms with Gasteiger partial charge in [0, 0.05) is 28.4 Å². The second-order valence-electron chi connectivity index (χ2n) is 6.31. The highest BCUT2D eigenvalue weighted by Gasteiger charge is 2.36. The Balaban J connectivity index is 2.14. The van der Waals surface area contributed by atoms with Crippen LogP contribution in [0.1, 0.15) is 47.5 Å². The molecule has 2 aromatic heterocycles. The van der Waals surface area contributed by atoms with Gasteiger partial charge in [0.25, 0.3) is 0 Å². The lowest BCUT2D eigenvalue weighted by Crippen LogP contribution is -2.26. The molecule has 0 bridgehead atoms. The number of carbonyl (C=O) groups excluding carboxylic acids is 1. The Hall–Kier alpha value is -1.26. The molecule has 110 valence electrons. The lowest BCUT2D eigenvalue weighted by atomic mass is 9.73. The second kappa shape index (κ2) is 5.50. The van der Waals surface area contributed by atoms with Gasteiger partial charge >= 0.3 is 0 Å². The smallest absolute Gasteiger partial charge is 0.164 e. The highest BCUT2D eigenvalue weighted by Crippen LogP contribution is 2.46. The number of hydrogen-bond donors (Lipinski definition) is 0. The molecule has 0 aliphatic heterocycles. The summed E-state index contributed by atoms with van der Waals surface area (Å²) in [6, 6.07) is 0. The Labute approximate surface area is 133 Å². The molecular weight excluding hydrogens is 298 g/mol. The van der Waals surface area contributed by atoms with E-state index in [4.69, 9.17) is 0 Å². The number of nitrogens with zero attached hydrogens (tertiary/aromatic N) is 1. The van der Waals surface area contributed by atoms with Crippen molar-refractivity contribution in [3.63, 3.8) is 0 Å². The van der Waals surface area contributed by atoms with E-state index in [0.29, 0.717) is 12.2 Å². The number of Topliss-reactive ketones (excluding diaryl/α,β-unsaturated/α-hetero) is 1. The molecule has 0 saturated carbocycles. The maximum atomic E-state index is 12.6. The number of thiazole rings is 1. The molecule has 0 radical (unpaired) electrons. The number of aryl methyl sites for hydroxylation is 1. The van der Waals surface area contributed by atoms with Gasteiger partial charge in [-0.15, -0.1) is 29.3 Å². The van der Waals surface area contributed by atoms with E-state index in [1.54, 1.807) is 22.7 Å². The molecule has 0 N–H and O–H groups in total. The van der Waals surface area contributed by atoms with Gasteiger partial charge in [-0.3, -0.25) is 4.79 Å². The lowest BCUT2D eigenvalue weighted by Gasteiger charge is -2.29. The third-order valence-electron chi connectivity index (χ3n) is 3.86. The third-order valence-corrected chi connectivity index (χ3v) is 6.07. The number of carbonyl (C=O) groups is 1. The van der Waals surface area contributed by atoms with Crippen LogP contribution in [0.3, 0.4) is 0 Å². The van der Waals surface area contributed by atoms with Gasteiger partial charge in [0.1, 0.15) is 5.01 Å². The van der Waals surface area contributed by atoms with E-state index in [9.17, 15) is 4.79 Å². The molecule has 1 aliphatic carbocycles. The molecule has 2 aromatic rings. The van der Waals surface area contributed by atoms with Crippen LogP contribution in [0.15, 0.2) is 24.2 Å². The van der Waals surface area contributed by atoms with Crippen LogP contribution >= 0.6 is 22.7 Å². The van der Waals surface area contributed by atoms with Gasteiger partial charge < -0.3 is 0 Å². The van der Waals surface area contributed by atoms with Gasteiger partial charge in [-0.1, -0.05) is 19.9 Å². The molecule has 2 nitrogen and oxygen atoms in total. The summed E-state index contributed by atoms with van der Waals surface area (Å²) in [4.78, 5) is 19.5. The monoisotopic (exact) mass is 317 g/mol. The summed E-state index contributed by atoms with van der Waals surface area (Å²) in [5.74, 6) is 0.305. The van der Waals surface area contributed by atoms with Crippen LogP contribution in [0.4, 0.5) is 0 Å². The van der Waals surface area contributed by atoms with Gasteiger partial charge in [0.05, 0.1) is 4.88 Å². The first kappa shape index (κ1) is 14.7. The van der Waals surface area contributed by atoms with Crippen LogP contribution in [0, 0.1) is 5.41 Å². The van der Waals surface area contributed by atoms with Crippen LogP contribution < -0.4 is 0 Å². The van der Waals surface area contributed by atoms with Crippen molar-refractivity contribution in [2.75, 3.05) is 0 Å². The maximum Gasteiger partial charge on any atom is 0.164 e. The Morgan fingerprint density at radius 3 is 2.90 bits per heavy atom. The van der Waals surface area contributed by atoms with Crippen LogP contribution in [-0.2, 0) is 12.8 Å². The van der Waals surface area contributed by atoms with E-state index < -0.39 is 0 Å². The van der Waals surface area contributed by atoms with Crippen molar-refractivity contribution in [2.24, 2.45) is 5.41 Å². The number of ketones is 1. The molecule has 0 fully saturated rings. The molecule has 1 aliphatic rings. The first-order valence-electron chi connectivity index (χ1n) is 7.20. The minimum absolute atomic E-state index is 0.0485. The second-order valence-corrected chi connectivity index (χ2v) is 8.31. The molecule has 0 atom stereocenters. The van der Waals surface area contributed by atoms with Crippen LogP contribution in [0.5, 0.6) is 0 Å². The van der Waals surface area contributed by atoms with Gasteiger partial charge in [-0.25, -0.2) is 4.98 Å². The Morgan fingerprint density at radius 1 is 1.43 bits per heavy atom. The van der Waals surface area contributed by atoms with Gasteiger partial charge in [-0.05, 0) is 30.2 Å². The van der Waals surface area contributed by atoms with E-state index in [1.807, 2.05) is 17.7 Å². The Bertz CT molecular complexity index is 680. The molecule has 0 unspecified atom stereocenters. The summed E-state index contributed by atoms with van der Waals surface area (Å²) in [6.45, 7) is 8.16. The summed E-state index contributed by atoms with van der Waals surface area (Å²) in [6.07, 6.45) is 7.20. The Kier molecular flexibility index (Phi) is 3.84.